The minimum atomic E-state index is -0.127. The molecule has 4 heteroatoms. The van der Waals surface area contributed by atoms with Crippen LogP contribution in [0.3, 0.4) is 0 Å². The van der Waals surface area contributed by atoms with Gasteiger partial charge in [0.15, 0.2) is 11.5 Å². The summed E-state index contributed by atoms with van der Waals surface area (Å²) in [6, 6.07) is 3.67. The van der Waals surface area contributed by atoms with Crippen LogP contribution in [-0.2, 0) is 5.41 Å². The van der Waals surface area contributed by atoms with Crippen molar-refractivity contribution in [2.75, 3.05) is 13.4 Å². The van der Waals surface area contributed by atoms with Crippen molar-refractivity contribution in [2.24, 2.45) is 0 Å². The third kappa shape index (κ3) is 1.30. The standard InChI is InChI=1S/C11H11ClO3/c12-8-4-10-9(14-6-15-10)3-7(8)11(5-13)1-2-11/h3-4,13H,1-2,5-6H2. The lowest BCUT2D eigenvalue weighted by atomic mass is 9.96. The van der Waals surface area contributed by atoms with Crippen LogP contribution in [0.2, 0.25) is 5.02 Å². The van der Waals surface area contributed by atoms with Gasteiger partial charge in [-0.3, -0.25) is 0 Å². The lowest BCUT2D eigenvalue weighted by Gasteiger charge is -2.14. The van der Waals surface area contributed by atoms with Gasteiger partial charge in [-0.1, -0.05) is 11.6 Å². The Morgan fingerprint density at radius 3 is 2.53 bits per heavy atom. The number of hydrogen-bond acceptors (Lipinski definition) is 3. The molecule has 1 aromatic carbocycles. The SMILES string of the molecule is OCC1(c2cc3c(cc2Cl)OCO3)CC1. The van der Waals surface area contributed by atoms with Crippen LogP contribution in [0.4, 0.5) is 0 Å². The van der Waals surface area contributed by atoms with E-state index in [0.717, 1.165) is 24.2 Å². The summed E-state index contributed by atoms with van der Waals surface area (Å²) in [6.45, 7) is 0.396. The fraction of sp³-hybridized carbons (Fsp3) is 0.455. The van der Waals surface area contributed by atoms with E-state index >= 15 is 0 Å². The first kappa shape index (κ1) is 9.31. The maximum atomic E-state index is 9.35. The third-order valence-corrected chi connectivity index (χ3v) is 3.50. The molecule has 0 aromatic heterocycles. The third-order valence-electron chi connectivity index (χ3n) is 3.19. The number of rotatable bonds is 2. The molecule has 3 nitrogen and oxygen atoms in total. The van der Waals surface area contributed by atoms with Gasteiger partial charge in [0, 0.05) is 16.5 Å². The fourth-order valence-corrected chi connectivity index (χ4v) is 2.34. The average Bonchev–Trinajstić information content (AvgIpc) is 2.91. The lowest BCUT2D eigenvalue weighted by Crippen LogP contribution is -2.12. The predicted octanol–water partition coefficient (Wildman–Crippen LogP) is 2.09. The molecule has 1 saturated carbocycles. The molecule has 0 saturated heterocycles. The number of benzene rings is 1. The Kier molecular flexibility index (Phi) is 1.88. The second-order valence-electron chi connectivity index (χ2n) is 4.12. The van der Waals surface area contributed by atoms with Gasteiger partial charge >= 0.3 is 0 Å². The molecule has 0 radical (unpaired) electrons. The molecule has 80 valence electrons. The smallest absolute Gasteiger partial charge is 0.231 e. The molecule has 3 rings (SSSR count). The molecule has 1 aromatic rings. The van der Waals surface area contributed by atoms with Gasteiger partial charge in [-0.05, 0) is 24.5 Å². The van der Waals surface area contributed by atoms with Crippen molar-refractivity contribution < 1.29 is 14.6 Å². The largest absolute Gasteiger partial charge is 0.454 e. The molecule has 1 aliphatic heterocycles. The summed E-state index contributed by atoms with van der Waals surface area (Å²) in [6.07, 6.45) is 1.98. The molecule has 1 aliphatic carbocycles. The minimum Gasteiger partial charge on any atom is -0.454 e. The molecular formula is C11H11ClO3. The summed E-state index contributed by atoms with van der Waals surface area (Å²) in [4.78, 5) is 0. The molecule has 0 unspecified atom stereocenters. The van der Waals surface area contributed by atoms with Gasteiger partial charge in [-0.15, -0.1) is 0 Å². The highest BCUT2D eigenvalue weighted by atomic mass is 35.5. The highest BCUT2D eigenvalue weighted by Crippen LogP contribution is 2.52. The quantitative estimate of drug-likeness (QED) is 0.839. The second kappa shape index (κ2) is 3.03. The zero-order valence-corrected chi connectivity index (χ0v) is 8.88. The van der Waals surface area contributed by atoms with Gasteiger partial charge in [0.25, 0.3) is 0 Å². The Bertz CT molecular complexity index is 413. The summed E-state index contributed by atoms with van der Waals surface area (Å²) in [7, 11) is 0. The van der Waals surface area contributed by atoms with E-state index in [1.807, 2.05) is 6.07 Å². The Balaban J connectivity index is 2.09. The number of halogens is 1. The maximum Gasteiger partial charge on any atom is 0.231 e. The first-order valence-corrected chi connectivity index (χ1v) is 5.33. The summed E-state index contributed by atoms with van der Waals surface area (Å²) in [5.41, 5.74) is 0.855. The van der Waals surface area contributed by atoms with E-state index in [1.54, 1.807) is 6.07 Å². The summed E-state index contributed by atoms with van der Waals surface area (Å²) in [5.74, 6) is 1.42. The van der Waals surface area contributed by atoms with Crippen LogP contribution in [-0.4, -0.2) is 18.5 Å². The van der Waals surface area contributed by atoms with Gasteiger partial charge in [0.2, 0.25) is 6.79 Å². The van der Waals surface area contributed by atoms with Gasteiger partial charge in [-0.2, -0.15) is 0 Å². The number of hydrogen-bond donors (Lipinski definition) is 1. The molecule has 2 aliphatic rings. The minimum absolute atomic E-state index is 0.127. The highest BCUT2D eigenvalue weighted by molar-refractivity contribution is 6.31. The van der Waals surface area contributed by atoms with Crippen LogP contribution < -0.4 is 9.47 Å². The van der Waals surface area contributed by atoms with Crippen LogP contribution in [0.25, 0.3) is 0 Å². The molecular weight excluding hydrogens is 216 g/mol. The lowest BCUT2D eigenvalue weighted by molar-refractivity contribution is 0.174. The molecule has 1 heterocycles. The van der Waals surface area contributed by atoms with Gasteiger partial charge in [-0.25, -0.2) is 0 Å². The average molecular weight is 227 g/mol. The van der Waals surface area contributed by atoms with E-state index in [-0.39, 0.29) is 18.8 Å². The normalized spacial score (nSPS) is 20.4. The van der Waals surface area contributed by atoms with E-state index < -0.39 is 0 Å². The predicted molar refractivity (Wildman–Crippen MR) is 55.6 cm³/mol. The van der Waals surface area contributed by atoms with E-state index in [0.29, 0.717) is 10.8 Å². The van der Waals surface area contributed by atoms with Crippen molar-refractivity contribution >= 4 is 11.6 Å². The number of aliphatic hydroxyl groups is 1. The molecule has 0 bridgehead atoms. The molecule has 0 atom stereocenters. The van der Waals surface area contributed by atoms with Crippen LogP contribution >= 0.6 is 11.6 Å². The van der Waals surface area contributed by atoms with E-state index in [2.05, 4.69) is 0 Å². The topological polar surface area (TPSA) is 38.7 Å². The maximum absolute atomic E-state index is 9.35. The number of aliphatic hydroxyl groups excluding tert-OH is 1. The van der Waals surface area contributed by atoms with Crippen LogP contribution in [0.5, 0.6) is 11.5 Å². The Morgan fingerprint density at radius 2 is 1.93 bits per heavy atom. The van der Waals surface area contributed by atoms with Crippen molar-refractivity contribution in [3.8, 4) is 11.5 Å². The Labute approximate surface area is 92.6 Å². The first-order valence-electron chi connectivity index (χ1n) is 4.96. The summed E-state index contributed by atoms with van der Waals surface area (Å²) in [5, 5.41) is 10.0. The fourth-order valence-electron chi connectivity index (χ4n) is 1.99. The second-order valence-corrected chi connectivity index (χ2v) is 4.53. The van der Waals surface area contributed by atoms with Gasteiger partial charge in [0.1, 0.15) is 0 Å². The van der Waals surface area contributed by atoms with Crippen molar-refractivity contribution in [1.82, 2.24) is 0 Å². The van der Waals surface area contributed by atoms with Crippen LogP contribution in [0.1, 0.15) is 18.4 Å². The molecule has 0 spiro atoms. The summed E-state index contributed by atoms with van der Waals surface area (Å²) < 4.78 is 10.5. The molecule has 0 amide bonds. The number of ether oxygens (including phenoxy) is 2. The monoisotopic (exact) mass is 226 g/mol. The zero-order chi connectivity index (χ0) is 10.5. The molecule has 15 heavy (non-hydrogen) atoms. The summed E-state index contributed by atoms with van der Waals surface area (Å²) >= 11 is 6.16. The van der Waals surface area contributed by atoms with Crippen molar-refractivity contribution in [2.45, 2.75) is 18.3 Å². The van der Waals surface area contributed by atoms with E-state index in [1.165, 1.54) is 0 Å². The van der Waals surface area contributed by atoms with Gasteiger partial charge < -0.3 is 14.6 Å². The Hall–Kier alpha value is -0.930. The molecule has 1 N–H and O–H groups in total. The van der Waals surface area contributed by atoms with Gasteiger partial charge in [0.05, 0.1) is 6.61 Å². The highest BCUT2D eigenvalue weighted by Gasteiger charge is 2.45. The Morgan fingerprint density at radius 1 is 1.27 bits per heavy atom. The van der Waals surface area contributed by atoms with E-state index in [9.17, 15) is 5.11 Å². The van der Waals surface area contributed by atoms with Crippen molar-refractivity contribution in [3.63, 3.8) is 0 Å². The molecule has 1 fully saturated rings. The van der Waals surface area contributed by atoms with E-state index in [4.69, 9.17) is 21.1 Å². The van der Waals surface area contributed by atoms with Crippen molar-refractivity contribution in [1.29, 1.82) is 0 Å². The van der Waals surface area contributed by atoms with Crippen molar-refractivity contribution in [3.05, 3.63) is 22.7 Å². The first-order chi connectivity index (χ1) is 7.25. The zero-order valence-electron chi connectivity index (χ0n) is 8.12. The van der Waals surface area contributed by atoms with Crippen LogP contribution in [0.15, 0.2) is 12.1 Å². The van der Waals surface area contributed by atoms with Crippen LogP contribution in [0, 0.1) is 0 Å². The number of fused-ring (bicyclic) bond motifs is 1.